The molecule has 1 aromatic rings. The van der Waals surface area contributed by atoms with Crippen LogP contribution in [0.5, 0.6) is 0 Å². The van der Waals surface area contributed by atoms with Gasteiger partial charge in [-0.2, -0.15) is 0 Å². The van der Waals surface area contributed by atoms with E-state index in [4.69, 9.17) is 29.6 Å². The van der Waals surface area contributed by atoms with Crippen LogP contribution in [0.2, 0.25) is 5.02 Å². The third-order valence-corrected chi connectivity index (χ3v) is 4.96. The zero-order valence-corrected chi connectivity index (χ0v) is 15.9. The lowest BCUT2D eigenvalue weighted by Gasteiger charge is -2.31. The molecule has 116 valence electrons. The van der Waals surface area contributed by atoms with Crippen molar-refractivity contribution in [3.63, 3.8) is 0 Å². The van der Waals surface area contributed by atoms with Gasteiger partial charge in [0, 0.05) is 8.59 Å². The molecular weight excluding hydrogens is 419 g/mol. The highest BCUT2D eigenvalue weighted by molar-refractivity contribution is 14.1. The molecule has 0 fully saturated rings. The van der Waals surface area contributed by atoms with Gasteiger partial charge >= 0.3 is 0 Å². The van der Waals surface area contributed by atoms with E-state index in [1.165, 1.54) is 0 Å². The minimum atomic E-state index is -0.776. The van der Waals surface area contributed by atoms with Crippen LogP contribution in [0.3, 0.4) is 0 Å². The van der Waals surface area contributed by atoms with Gasteiger partial charge in [-0.05, 0) is 53.6 Å². The SMILES string of the molecule is CCCC(CCC)(C(=O)Nc1ccc(Cl)cc1I)C(N)=S. The molecule has 0 saturated carbocycles. The summed E-state index contributed by atoms with van der Waals surface area (Å²) in [5.41, 5.74) is 5.87. The first-order valence-corrected chi connectivity index (χ1v) is 8.80. The highest BCUT2D eigenvalue weighted by atomic mass is 127. The van der Waals surface area contributed by atoms with Crippen molar-refractivity contribution in [3.8, 4) is 0 Å². The Morgan fingerprint density at radius 2 is 1.95 bits per heavy atom. The molecule has 1 rings (SSSR count). The molecule has 0 aliphatic heterocycles. The molecule has 0 saturated heterocycles. The van der Waals surface area contributed by atoms with Gasteiger partial charge < -0.3 is 11.1 Å². The van der Waals surface area contributed by atoms with Crippen molar-refractivity contribution in [2.75, 3.05) is 5.32 Å². The van der Waals surface area contributed by atoms with Gasteiger partial charge in [0.25, 0.3) is 0 Å². The maximum Gasteiger partial charge on any atom is 0.237 e. The number of amides is 1. The number of hydrogen-bond donors (Lipinski definition) is 2. The Bertz CT molecular complexity index is 530. The number of thiocarbonyl (C=S) groups is 1. The Balaban J connectivity index is 3.08. The van der Waals surface area contributed by atoms with E-state index in [0.29, 0.717) is 17.9 Å². The lowest BCUT2D eigenvalue weighted by molar-refractivity contribution is -0.122. The van der Waals surface area contributed by atoms with Crippen molar-refractivity contribution in [2.24, 2.45) is 11.1 Å². The summed E-state index contributed by atoms with van der Waals surface area (Å²) in [6.45, 7) is 4.06. The summed E-state index contributed by atoms with van der Waals surface area (Å²) in [6.07, 6.45) is 3.02. The molecule has 0 aromatic heterocycles. The molecule has 0 aliphatic rings. The van der Waals surface area contributed by atoms with E-state index in [-0.39, 0.29) is 10.9 Å². The van der Waals surface area contributed by atoms with E-state index < -0.39 is 5.41 Å². The summed E-state index contributed by atoms with van der Waals surface area (Å²) in [7, 11) is 0. The molecule has 0 bridgehead atoms. The molecular formula is C15H20ClIN2OS. The van der Waals surface area contributed by atoms with Crippen LogP contribution in [0.1, 0.15) is 39.5 Å². The molecule has 0 heterocycles. The number of anilines is 1. The molecule has 0 spiro atoms. The lowest BCUT2D eigenvalue weighted by atomic mass is 9.78. The van der Waals surface area contributed by atoms with Crippen molar-refractivity contribution in [3.05, 3.63) is 26.8 Å². The molecule has 3 nitrogen and oxygen atoms in total. The molecule has 6 heteroatoms. The van der Waals surface area contributed by atoms with E-state index in [9.17, 15) is 4.79 Å². The maximum atomic E-state index is 12.8. The quantitative estimate of drug-likeness (QED) is 0.477. The molecule has 1 amide bonds. The summed E-state index contributed by atoms with van der Waals surface area (Å²) in [5.74, 6) is -0.126. The van der Waals surface area contributed by atoms with E-state index in [1.807, 2.05) is 13.8 Å². The van der Waals surface area contributed by atoms with Gasteiger partial charge in [0.2, 0.25) is 5.91 Å². The molecule has 0 unspecified atom stereocenters. The van der Waals surface area contributed by atoms with E-state index in [2.05, 4.69) is 27.9 Å². The van der Waals surface area contributed by atoms with Gasteiger partial charge in [0.05, 0.1) is 16.1 Å². The van der Waals surface area contributed by atoms with Crippen molar-refractivity contribution < 1.29 is 4.79 Å². The van der Waals surface area contributed by atoms with Crippen molar-refractivity contribution in [1.82, 2.24) is 0 Å². The lowest BCUT2D eigenvalue weighted by Crippen LogP contribution is -2.46. The van der Waals surface area contributed by atoms with Crippen LogP contribution in [0.15, 0.2) is 18.2 Å². The van der Waals surface area contributed by atoms with Crippen LogP contribution in [-0.4, -0.2) is 10.9 Å². The Morgan fingerprint density at radius 1 is 1.38 bits per heavy atom. The number of nitrogens with one attached hydrogen (secondary N) is 1. The predicted molar refractivity (Wildman–Crippen MR) is 102 cm³/mol. The molecule has 0 aliphatic carbocycles. The second-order valence-electron chi connectivity index (χ2n) is 5.02. The highest BCUT2D eigenvalue weighted by Crippen LogP contribution is 2.33. The number of halogens is 2. The number of carbonyl (C=O) groups is 1. The summed E-state index contributed by atoms with van der Waals surface area (Å²) in [6, 6.07) is 5.35. The number of nitrogens with two attached hydrogens (primary N) is 1. The minimum absolute atomic E-state index is 0.126. The standard InChI is InChI=1S/C15H20ClIN2OS/c1-3-7-15(8-4-2,13(18)21)14(20)19-12-6-5-10(16)9-11(12)17/h5-6,9H,3-4,7-8H2,1-2H3,(H2,18,21)(H,19,20). The smallest absolute Gasteiger partial charge is 0.237 e. The molecule has 1 aromatic carbocycles. The third-order valence-electron chi connectivity index (χ3n) is 3.44. The predicted octanol–water partition coefficient (Wildman–Crippen LogP) is 4.76. The summed E-state index contributed by atoms with van der Waals surface area (Å²) in [4.78, 5) is 13.0. The van der Waals surface area contributed by atoms with E-state index >= 15 is 0 Å². The van der Waals surface area contributed by atoms with Crippen LogP contribution >= 0.6 is 46.4 Å². The average Bonchev–Trinajstić information content (AvgIpc) is 2.41. The number of hydrogen-bond acceptors (Lipinski definition) is 2. The van der Waals surface area contributed by atoms with Crippen LogP contribution in [0, 0.1) is 8.99 Å². The number of rotatable bonds is 7. The van der Waals surface area contributed by atoms with Gasteiger partial charge in [-0.3, -0.25) is 4.79 Å². The Morgan fingerprint density at radius 3 is 2.38 bits per heavy atom. The first-order chi connectivity index (χ1) is 9.87. The van der Waals surface area contributed by atoms with E-state index in [0.717, 1.165) is 22.1 Å². The van der Waals surface area contributed by atoms with Gasteiger partial charge in [-0.15, -0.1) is 0 Å². The first kappa shape index (κ1) is 18.6. The molecule has 21 heavy (non-hydrogen) atoms. The zero-order chi connectivity index (χ0) is 16.0. The number of carbonyl (C=O) groups excluding carboxylic acids is 1. The third kappa shape index (κ3) is 4.53. The fraction of sp³-hybridized carbons (Fsp3) is 0.467. The molecule has 0 atom stereocenters. The van der Waals surface area contributed by atoms with Crippen molar-refractivity contribution >= 4 is 63.0 Å². The van der Waals surface area contributed by atoms with Gasteiger partial charge in [-0.25, -0.2) is 0 Å². The summed E-state index contributed by atoms with van der Waals surface area (Å²) in [5, 5.41) is 3.60. The zero-order valence-electron chi connectivity index (χ0n) is 12.2. The van der Waals surface area contributed by atoms with Crippen LogP contribution in [0.4, 0.5) is 5.69 Å². The van der Waals surface area contributed by atoms with Gasteiger partial charge in [0.15, 0.2) is 0 Å². The topological polar surface area (TPSA) is 55.1 Å². The van der Waals surface area contributed by atoms with Gasteiger partial charge in [0.1, 0.15) is 0 Å². The second-order valence-corrected chi connectivity index (χ2v) is 7.06. The first-order valence-electron chi connectivity index (χ1n) is 6.93. The van der Waals surface area contributed by atoms with Gasteiger partial charge in [-0.1, -0.05) is 50.5 Å². The van der Waals surface area contributed by atoms with Crippen LogP contribution in [-0.2, 0) is 4.79 Å². The average molecular weight is 439 g/mol. The fourth-order valence-corrected chi connectivity index (χ4v) is 3.70. The normalized spacial score (nSPS) is 11.2. The summed E-state index contributed by atoms with van der Waals surface area (Å²) < 4.78 is 0.887. The Labute approximate surface area is 150 Å². The minimum Gasteiger partial charge on any atom is -0.392 e. The van der Waals surface area contributed by atoms with E-state index in [1.54, 1.807) is 18.2 Å². The van der Waals surface area contributed by atoms with Crippen molar-refractivity contribution in [2.45, 2.75) is 39.5 Å². The Hall–Kier alpha value is -0.400. The van der Waals surface area contributed by atoms with Crippen LogP contribution < -0.4 is 11.1 Å². The van der Waals surface area contributed by atoms with Crippen LogP contribution in [0.25, 0.3) is 0 Å². The van der Waals surface area contributed by atoms with Crippen molar-refractivity contribution in [1.29, 1.82) is 0 Å². The summed E-state index contributed by atoms with van der Waals surface area (Å²) >= 11 is 13.3. The second kappa shape index (κ2) is 8.29. The Kier molecular flexibility index (Phi) is 7.36. The maximum absolute atomic E-state index is 12.8. The monoisotopic (exact) mass is 438 g/mol. The number of benzene rings is 1. The largest absolute Gasteiger partial charge is 0.392 e. The fourth-order valence-electron chi connectivity index (χ4n) is 2.40. The molecule has 3 N–H and O–H groups in total. The molecule has 0 radical (unpaired) electrons. The highest BCUT2D eigenvalue weighted by Gasteiger charge is 2.40.